The van der Waals surface area contributed by atoms with Crippen molar-refractivity contribution < 1.29 is 14.7 Å². The highest BCUT2D eigenvalue weighted by atomic mass is 32.2. The molecule has 0 aliphatic carbocycles. The molecule has 1 aromatic carbocycles. The highest BCUT2D eigenvalue weighted by Crippen LogP contribution is 2.35. The minimum absolute atomic E-state index is 0.0158. The number of nitrogens with one attached hydrogen (secondary N) is 1. The molecule has 0 saturated heterocycles. The van der Waals surface area contributed by atoms with Gasteiger partial charge in [0, 0.05) is 23.5 Å². The molecule has 1 aromatic rings. The number of carboxylic acids is 1. The summed E-state index contributed by atoms with van der Waals surface area (Å²) in [6.07, 6.45) is 2.67. The Hall–Kier alpha value is -1.49. The molecule has 1 aliphatic heterocycles. The predicted molar refractivity (Wildman–Crippen MR) is 78.8 cm³/mol. The third-order valence-corrected chi connectivity index (χ3v) is 4.46. The normalized spacial score (nSPS) is 17.3. The fourth-order valence-corrected chi connectivity index (χ4v) is 3.45. The Morgan fingerprint density at radius 3 is 2.80 bits per heavy atom. The maximum absolute atomic E-state index is 11.9. The van der Waals surface area contributed by atoms with Crippen LogP contribution in [-0.4, -0.2) is 22.7 Å². The van der Waals surface area contributed by atoms with E-state index in [0.29, 0.717) is 19.3 Å². The fraction of sp³-hybridized carbons (Fsp3) is 0.467. The lowest BCUT2D eigenvalue weighted by Gasteiger charge is -2.25. The van der Waals surface area contributed by atoms with Crippen LogP contribution in [0.15, 0.2) is 29.2 Å². The molecular weight excluding hydrogens is 274 g/mol. The number of aliphatic carboxylic acids is 1. The van der Waals surface area contributed by atoms with Crippen molar-refractivity contribution in [1.82, 2.24) is 5.32 Å². The number of benzene rings is 1. The van der Waals surface area contributed by atoms with E-state index >= 15 is 0 Å². The number of unbranched alkanes of at least 4 members (excludes halogenated alkanes) is 1. The molecule has 1 atom stereocenters. The zero-order valence-corrected chi connectivity index (χ0v) is 12.1. The van der Waals surface area contributed by atoms with Crippen molar-refractivity contribution in [3.8, 4) is 0 Å². The van der Waals surface area contributed by atoms with Gasteiger partial charge in [-0.15, -0.1) is 11.8 Å². The second-order valence-electron chi connectivity index (χ2n) is 4.90. The molecule has 20 heavy (non-hydrogen) atoms. The Labute approximate surface area is 123 Å². The number of carbonyl (C=O) groups excluding carboxylic acids is 1. The fourth-order valence-electron chi connectivity index (χ4n) is 2.32. The van der Waals surface area contributed by atoms with Gasteiger partial charge in [0.05, 0.1) is 6.04 Å². The van der Waals surface area contributed by atoms with Crippen molar-refractivity contribution >= 4 is 23.6 Å². The number of thioether (sulfide) groups is 1. The first kappa shape index (κ1) is 14.9. The minimum atomic E-state index is -0.802. The summed E-state index contributed by atoms with van der Waals surface area (Å²) in [5, 5.41) is 11.6. The zero-order valence-electron chi connectivity index (χ0n) is 11.3. The maximum atomic E-state index is 11.9. The largest absolute Gasteiger partial charge is 0.481 e. The van der Waals surface area contributed by atoms with E-state index in [9.17, 15) is 9.59 Å². The highest BCUT2D eigenvalue weighted by molar-refractivity contribution is 7.99. The Balaban J connectivity index is 1.82. The van der Waals surface area contributed by atoms with Crippen LogP contribution in [0.2, 0.25) is 0 Å². The molecular formula is C15H19NO3S. The van der Waals surface area contributed by atoms with Crippen LogP contribution in [0.1, 0.15) is 43.7 Å². The molecule has 2 N–H and O–H groups in total. The standard InChI is InChI=1S/C15H19NO3S/c17-14(7-3-4-8-15(18)19)16-12-9-10-20-13-6-2-1-5-11(12)13/h1-2,5-6,12H,3-4,7-10H2,(H,16,17)(H,18,19). The molecule has 2 rings (SSSR count). The summed E-state index contributed by atoms with van der Waals surface area (Å²) in [5.41, 5.74) is 1.20. The van der Waals surface area contributed by atoms with E-state index in [-0.39, 0.29) is 18.4 Å². The molecule has 0 bridgehead atoms. The van der Waals surface area contributed by atoms with Crippen LogP contribution in [0, 0.1) is 0 Å². The molecule has 0 radical (unpaired) electrons. The topological polar surface area (TPSA) is 66.4 Å². The van der Waals surface area contributed by atoms with E-state index < -0.39 is 5.97 Å². The van der Waals surface area contributed by atoms with Crippen molar-refractivity contribution in [3.63, 3.8) is 0 Å². The molecule has 0 aromatic heterocycles. The Bertz CT molecular complexity index is 490. The summed E-state index contributed by atoms with van der Waals surface area (Å²) in [6.45, 7) is 0. The highest BCUT2D eigenvalue weighted by Gasteiger charge is 2.21. The molecule has 1 aliphatic rings. The molecule has 5 heteroatoms. The smallest absolute Gasteiger partial charge is 0.303 e. The number of hydrogen-bond donors (Lipinski definition) is 2. The van der Waals surface area contributed by atoms with Crippen LogP contribution in [0.5, 0.6) is 0 Å². The first-order valence-electron chi connectivity index (χ1n) is 6.89. The van der Waals surface area contributed by atoms with Gasteiger partial charge in [-0.05, 0) is 30.9 Å². The lowest BCUT2D eigenvalue weighted by atomic mass is 10.0. The first-order chi connectivity index (χ1) is 9.66. The summed E-state index contributed by atoms with van der Waals surface area (Å²) in [6, 6.07) is 8.26. The number of amides is 1. The molecule has 108 valence electrons. The van der Waals surface area contributed by atoms with Gasteiger partial charge in [-0.25, -0.2) is 0 Å². The summed E-state index contributed by atoms with van der Waals surface area (Å²) >= 11 is 1.83. The van der Waals surface area contributed by atoms with Crippen LogP contribution in [0.4, 0.5) is 0 Å². The third-order valence-electron chi connectivity index (χ3n) is 3.34. The van der Waals surface area contributed by atoms with Crippen molar-refractivity contribution in [2.24, 2.45) is 0 Å². The van der Waals surface area contributed by atoms with Gasteiger partial charge in [0.2, 0.25) is 5.91 Å². The number of hydrogen-bond acceptors (Lipinski definition) is 3. The summed E-state index contributed by atoms with van der Waals surface area (Å²) in [5.74, 6) is 0.228. The van der Waals surface area contributed by atoms with Gasteiger partial charge in [-0.3, -0.25) is 9.59 Å². The Morgan fingerprint density at radius 1 is 1.25 bits per heavy atom. The number of rotatable bonds is 6. The number of carbonyl (C=O) groups is 2. The summed E-state index contributed by atoms with van der Waals surface area (Å²) in [4.78, 5) is 23.5. The van der Waals surface area contributed by atoms with Crippen molar-refractivity contribution in [3.05, 3.63) is 29.8 Å². The maximum Gasteiger partial charge on any atom is 0.303 e. The van der Waals surface area contributed by atoms with Crippen LogP contribution in [-0.2, 0) is 9.59 Å². The summed E-state index contributed by atoms with van der Waals surface area (Å²) in [7, 11) is 0. The Kier molecular flexibility index (Phi) is 5.47. The van der Waals surface area contributed by atoms with Crippen LogP contribution < -0.4 is 5.32 Å². The van der Waals surface area contributed by atoms with Gasteiger partial charge in [0.15, 0.2) is 0 Å². The molecule has 1 heterocycles. The van der Waals surface area contributed by atoms with Crippen molar-refractivity contribution in [2.45, 2.75) is 43.0 Å². The van der Waals surface area contributed by atoms with Gasteiger partial charge in [0.25, 0.3) is 0 Å². The number of fused-ring (bicyclic) bond motifs is 1. The van der Waals surface area contributed by atoms with Crippen LogP contribution in [0.25, 0.3) is 0 Å². The van der Waals surface area contributed by atoms with Gasteiger partial charge >= 0.3 is 5.97 Å². The lowest BCUT2D eigenvalue weighted by molar-refractivity contribution is -0.137. The monoisotopic (exact) mass is 293 g/mol. The van der Waals surface area contributed by atoms with E-state index in [1.807, 2.05) is 23.9 Å². The van der Waals surface area contributed by atoms with Gasteiger partial charge in [-0.2, -0.15) is 0 Å². The van der Waals surface area contributed by atoms with Crippen molar-refractivity contribution in [1.29, 1.82) is 0 Å². The summed E-state index contributed by atoms with van der Waals surface area (Å²) < 4.78 is 0. The van der Waals surface area contributed by atoms with Crippen molar-refractivity contribution in [2.75, 3.05) is 5.75 Å². The van der Waals surface area contributed by atoms with Gasteiger partial charge in [0.1, 0.15) is 0 Å². The molecule has 1 amide bonds. The second-order valence-corrected chi connectivity index (χ2v) is 6.03. The lowest BCUT2D eigenvalue weighted by Crippen LogP contribution is -2.30. The van der Waals surface area contributed by atoms with E-state index in [2.05, 4.69) is 17.4 Å². The first-order valence-corrected chi connectivity index (χ1v) is 7.88. The Morgan fingerprint density at radius 2 is 2.00 bits per heavy atom. The van der Waals surface area contributed by atoms with Gasteiger partial charge in [-0.1, -0.05) is 18.2 Å². The van der Waals surface area contributed by atoms with Crippen LogP contribution in [0.3, 0.4) is 0 Å². The van der Waals surface area contributed by atoms with E-state index in [4.69, 9.17) is 5.11 Å². The third kappa shape index (κ3) is 4.27. The van der Waals surface area contributed by atoms with E-state index in [1.165, 1.54) is 10.5 Å². The van der Waals surface area contributed by atoms with Gasteiger partial charge < -0.3 is 10.4 Å². The zero-order chi connectivity index (χ0) is 14.4. The van der Waals surface area contributed by atoms with E-state index in [0.717, 1.165) is 12.2 Å². The van der Waals surface area contributed by atoms with Crippen LogP contribution >= 0.6 is 11.8 Å². The molecule has 0 saturated carbocycles. The number of carboxylic acid groups (broad SMARTS) is 1. The molecule has 1 unspecified atom stereocenters. The van der Waals surface area contributed by atoms with E-state index in [1.54, 1.807) is 0 Å². The average Bonchev–Trinajstić information content (AvgIpc) is 2.44. The molecule has 4 nitrogen and oxygen atoms in total. The molecule has 0 fully saturated rings. The minimum Gasteiger partial charge on any atom is -0.481 e. The average molecular weight is 293 g/mol. The quantitative estimate of drug-likeness (QED) is 0.791. The second kappa shape index (κ2) is 7.33. The predicted octanol–water partition coefficient (Wildman–Crippen LogP) is 2.98. The molecule has 0 spiro atoms. The SMILES string of the molecule is O=C(O)CCCCC(=O)NC1CCSc2ccccc21.